The molecule has 0 unspecified atom stereocenters. The average Bonchev–Trinajstić information content (AvgIpc) is 2.86. The zero-order chi connectivity index (χ0) is 27.2. The van der Waals surface area contributed by atoms with E-state index in [1.165, 1.54) is 24.3 Å². The smallest absolute Gasteiger partial charge is 0.416 e. The molecule has 0 radical (unpaired) electrons. The largest absolute Gasteiger partial charge is 0.494 e. The van der Waals surface area contributed by atoms with Crippen molar-refractivity contribution < 1.29 is 31.1 Å². The number of ether oxygens (including phenoxy) is 1. The van der Waals surface area contributed by atoms with Crippen LogP contribution < -0.4 is 14.5 Å². The van der Waals surface area contributed by atoms with Gasteiger partial charge in [0.2, 0.25) is 0 Å². The predicted molar refractivity (Wildman–Crippen MR) is 135 cm³/mol. The summed E-state index contributed by atoms with van der Waals surface area (Å²) in [5, 5.41) is 3.71. The molecule has 1 amide bonds. The predicted octanol–water partition coefficient (Wildman–Crippen LogP) is 5.49. The van der Waals surface area contributed by atoms with E-state index in [-0.39, 0.29) is 9.92 Å². The number of hydrazone groups is 1. The number of nitrogens with one attached hydrogen (secondary N) is 1. The van der Waals surface area contributed by atoms with Crippen molar-refractivity contribution in [2.45, 2.75) is 24.9 Å². The first-order valence-electron chi connectivity index (χ1n) is 10.9. The molecule has 12 heteroatoms. The molecule has 0 bridgehead atoms. The topological polar surface area (TPSA) is 88.1 Å². The lowest BCUT2D eigenvalue weighted by atomic mass is 10.1. The standard InChI is InChI=1S/C25H23ClF3N3O4S/c1-3-36-20-12-9-18(10-13-20)17(2)30-31-24(33)16-32(37(34,35)21-7-5-4-6-8-21)23-15-19(25(27,28)29)11-14-22(23)26/h4-15H,3,16H2,1-2H3,(H,31,33)/b30-17+. The minimum absolute atomic E-state index is 0.231. The van der Waals surface area contributed by atoms with Crippen LogP contribution in [0.2, 0.25) is 5.02 Å². The van der Waals surface area contributed by atoms with Gasteiger partial charge in [0.15, 0.2) is 0 Å². The first kappa shape index (κ1) is 28.0. The Balaban J connectivity index is 1.93. The maximum Gasteiger partial charge on any atom is 0.416 e. The van der Waals surface area contributed by atoms with E-state index < -0.39 is 39.9 Å². The van der Waals surface area contributed by atoms with Crippen LogP contribution in [0.1, 0.15) is 25.0 Å². The third-order valence-corrected chi connectivity index (χ3v) is 7.19. The molecule has 0 aliphatic rings. The van der Waals surface area contributed by atoms with Gasteiger partial charge in [0.05, 0.1) is 33.5 Å². The lowest BCUT2D eigenvalue weighted by Crippen LogP contribution is -2.40. The van der Waals surface area contributed by atoms with E-state index in [4.69, 9.17) is 16.3 Å². The van der Waals surface area contributed by atoms with Gasteiger partial charge in [-0.2, -0.15) is 18.3 Å². The van der Waals surface area contributed by atoms with Crippen molar-refractivity contribution in [3.8, 4) is 5.75 Å². The number of hydrogen-bond donors (Lipinski definition) is 1. The van der Waals surface area contributed by atoms with Gasteiger partial charge < -0.3 is 4.74 Å². The summed E-state index contributed by atoms with van der Waals surface area (Å²) in [4.78, 5) is 12.5. The molecular weight excluding hydrogens is 531 g/mol. The van der Waals surface area contributed by atoms with Gasteiger partial charge in [0.1, 0.15) is 12.3 Å². The third kappa shape index (κ3) is 7.01. The summed E-state index contributed by atoms with van der Waals surface area (Å²) in [5.74, 6) is -0.235. The molecule has 3 aromatic carbocycles. The molecule has 0 aliphatic carbocycles. The fraction of sp³-hybridized carbons (Fsp3) is 0.200. The number of nitrogens with zero attached hydrogens (tertiary/aromatic N) is 2. The Labute approximate surface area is 217 Å². The van der Waals surface area contributed by atoms with E-state index in [2.05, 4.69) is 10.5 Å². The van der Waals surface area contributed by atoms with Gasteiger partial charge in [-0.25, -0.2) is 13.8 Å². The van der Waals surface area contributed by atoms with Crippen molar-refractivity contribution in [1.82, 2.24) is 5.43 Å². The summed E-state index contributed by atoms with van der Waals surface area (Å²) in [5.41, 5.74) is 1.71. The maximum absolute atomic E-state index is 13.4. The highest BCUT2D eigenvalue weighted by atomic mass is 35.5. The van der Waals surface area contributed by atoms with E-state index in [1.54, 1.807) is 37.3 Å². The number of rotatable bonds is 9. The molecule has 1 N–H and O–H groups in total. The summed E-state index contributed by atoms with van der Waals surface area (Å²) in [6.45, 7) is 3.10. The molecule has 196 valence electrons. The molecule has 0 saturated heterocycles. The average molecular weight is 554 g/mol. The summed E-state index contributed by atoms with van der Waals surface area (Å²) in [6, 6.07) is 16.1. The summed E-state index contributed by atoms with van der Waals surface area (Å²) in [6.07, 6.45) is -4.76. The third-order valence-electron chi connectivity index (χ3n) is 5.09. The summed E-state index contributed by atoms with van der Waals surface area (Å²) in [7, 11) is -4.48. The van der Waals surface area contributed by atoms with Crippen molar-refractivity contribution in [2.75, 3.05) is 17.5 Å². The van der Waals surface area contributed by atoms with Crippen LogP contribution in [0.15, 0.2) is 82.8 Å². The molecule has 0 aromatic heterocycles. The Bertz CT molecular complexity index is 1380. The van der Waals surface area contributed by atoms with Crippen molar-refractivity contribution in [3.05, 3.63) is 88.9 Å². The summed E-state index contributed by atoms with van der Waals surface area (Å²) >= 11 is 6.12. The molecule has 37 heavy (non-hydrogen) atoms. The monoisotopic (exact) mass is 553 g/mol. The number of anilines is 1. The van der Waals surface area contributed by atoms with Gasteiger partial charge in [-0.3, -0.25) is 9.10 Å². The van der Waals surface area contributed by atoms with Gasteiger partial charge in [0.25, 0.3) is 15.9 Å². The van der Waals surface area contributed by atoms with Gasteiger partial charge in [0, 0.05) is 0 Å². The lowest BCUT2D eigenvalue weighted by molar-refractivity contribution is -0.137. The molecule has 3 aromatic rings. The second-order valence-electron chi connectivity index (χ2n) is 7.68. The second-order valence-corrected chi connectivity index (χ2v) is 9.95. The normalized spacial score (nSPS) is 12.2. The van der Waals surface area contributed by atoms with Crippen LogP contribution in [0.3, 0.4) is 0 Å². The van der Waals surface area contributed by atoms with E-state index in [0.29, 0.717) is 34.0 Å². The fourth-order valence-electron chi connectivity index (χ4n) is 3.24. The molecular formula is C25H23ClF3N3O4S. The first-order valence-corrected chi connectivity index (χ1v) is 12.8. The highest BCUT2D eigenvalue weighted by Crippen LogP contribution is 2.37. The van der Waals surface area contributed by atoms with Gasteiger partial charge in [-0.15, -0.1) is 0 Å². The Morgan fingerprint density at radius 3 is 2.30 bits per heavy atom. The van der Waals surface area contributed by atoms with Crippen molar-refractivity contribution in [3.63, 3.8) is 0 Å². The first-order chi connectivity index (χ1) is 17.4. The number of halogens is 4. The minimum atomic E-state index is -4.76. The molecule has 0 heterocycles. The van der Waals surface area contributed by atoms with Crippen LogP contribution in [0, 0.1) is 0 Å². The molecule has 7 nitrogen and oxygen atoms in total. The van der Waals surface area contributed by atoms with Crippen LogP contribution in [-0.2, 0) is 21.0 Å². The number of alkyl halides is 3. The van der Waals surface area contributed by atoms with E-state index >= 15 is 0 Å². The second kappa shape index (κ2) is 11.7. The SMILES string of the molecule is CCOc1ccc(/C(C)=N/NC(=O)CN(c2cc(C(F)(F)F)ccc2Cl)S(=O)(=O)c2ccccc2)cc1. The zero-order valence-electron chi connectivity index (χ0n) is 19.8. The zero-order valence-corrected chi connectivity index (χ0v) is 21.4. The van der Waals surface area contributed by atoms with E-state index in [9.17, 15) is 26.4 Å². The van der Waals surface area contributed by atoms with Gasteiger partial charge in [-0.05, 0) is 74.0 Å². The van der Waals surface area contributed by atoms with Crippen LogP contribution in [0.4, 0.5) is 18.9 Å². The molecule has 0 spiro atoms. The highest BCUT2D eigenvalue weighted by molar-refractivity contribution is 7.92. The minimum Gasteiger partial charge on any atom is -0.494 e. The Kier molecular flexibility index (Phi) is 8.82. The van der Waals surface area contributed by atoms with Crippen molar-refractivity contribution in [2.24, 2.45) is 5.10 Å². The number of benzene rings is 3. The fourth-order valence-corrected chi connectivity index (χ4v) is 4.96. The Morgan fingerprint density at radius 2 is 1.70 bits per heavy atom. The van der Waals surface area contributed by atoms with E-state index in [1.807, 2.05) is 6.92 Å². The van der Waals surface area contributed by atoms with Gasteiger partial charge in [-0.1, -0.05) is 29.8 Å². The quantitative estimate of drug-likeness (QED) is 0.280. The van der Waals surface area contributed by atoms with Crippen molar-refractivity contribution in [1.29, 1.82) is 0 Å². The number of hydrogen-bond acceptors (Lipinski definition) is 5. The maximum atomic E-state index is 13.4. The van der Waals surface area contributed by atoms with Crippen LogP contribution >= 0.6 is 11.6 Å². The van der Waals surface area contributed by atoms with Gasteiger partial charge >= 0.3 is 6.18 Å². The highest BCUT2D eigenvalue weighted by Gasteiger charge is 2.34. The molecule has 3 rings (SSSR count). The Morgan fingerprint density at radius 1 is 1.05 bits per heavy atom. The van der Waals surface area contributed by atoms with Crippen LogP contribution in [-0.4, -0.2) is 33.2 Å². The number of carbonyl (C=O) groups is 1. The van der Waals surface area contributed by atoms with Crippen LogP contribution in [0.5, 0.6) is 5.75 Å². The molecule has 0 fully saturated rings. The molecule has 0 aliphatic heterocycles. The number of sulfonamides is 1. The Hall–Kier alpha value is -3.57. The van der Waals surface area contributed by atoms with Crippen LogP contribution in [0.25, 0.3) is 0 Å². The lowest BCUT2D eigenvalue weighted by Gasteiger charge is -2.25. The molecule has 0 saturated carbocycles. The molecule has 0 atom stereocenters. The summed E-state index contributed by atoms with van der Waals surface area (Å²) < 4.78 is 72.8. The number of carbonyl (C=O) groups excluding carboxylic acids is 1. The van der Waals surface area contributed by atoms with E-state index in [0.717, 1.165) is 12.1 Å². The number of amides is 1. The van der Waals surface area contributed by atoms with Crippen molar-refractivity contribution >= 4 is 38.9 Å².